The highest BCUT2D eigenvalue weighted by atomic mass is 16.6. The van der Waals surface area contributed by atoms with Gasteiger partial charge in [0.25, 0.3) is 5.91 Å². The maximum absolute atomic E-state index is 13.3. The molecule has 0 saturated heterocycles. The minimum absolute atomic E-state index is 0.0410. The van der Waals surface area contributed by atoms with Crippen LogP contribution in [0.1, 0.15) is 54.6 Å². The van der Waals surface area contributed by atoms with Crippen LogP contribution < -0.4 is 10.1 Å². The second-order valence-electron chi connectivity index (χ2n) is 8.83. The highest BCUT2D eigenvalue weighted by Crippen LogP contribution is 2.27. The third-order valence-electron chi connectivity index (χ3n) is 5.84. The van der Waals surface area contributed by atoms with Crippen LogP contribution in [0.4, 0.5) is 0 Å². The number of aliphatic hydroxyl groups is 1. The normalized spacial score (nSPS) is 20.7. The smallest absolute Gasteiger partial charge is 0.342 e. The first-order chi connectivity index (χ1) is 17.8. The predicted octanol–water partition coefficient (Wildman–Crippen LogP) is 4.10. The largest absolute Gasteiger partial charge is 0.458 e. The fourth-order valence-electron chi connectivity index (χ4n) is 3.84. The molecular weight excluding hydrogens is 470 g/mol. The second-order valence-corrected chi connectivity index (χ2v) is 8.83. The molecule has 2 aromatic carbocycles. The van der Waals surface area contributed by atoms with Crippen LogP contribution in [0, 0.1) is 17.8 Å². The molecule has 7 heteroatoms. The molecule has 1 aliphatic heterocycles. The van der Waals surface area contributed by atoms with Gasteiger partial charge in [-0.05, 0) is 42.5 Å². The van der Waals surface area contributed by atoms with E-state index in [4.69, 9.17) is 9.47 Å². The molecule has 1 unspecified atom stereocenters. The van der Waals surface area contributed by atoms with Crippen LogP contribution in [-0.2, 0) is 20.7 Å². The summed E-state index contributed by atoms with van der Waals surface area (Å²) in [4.78, 5) is 36.9. The van der Waals surface area contributed by atoms with E-state index in [0.29, 0.717) is 18.4 Å². The first kappa shape index (κ1) is 27.4. The maximum atomic E-state index is 13.3. The second kappa shape index (κ2) is 13.8. The molecule has 192 valence electrons. The molecule has 1 aliphatic rings. The van der Waals surface area contributed by atoms with Gasteiger partial charge in [0.2, 0.25) is 0 Å². The predicted molar refractivity (Wildman–Crippen MR) is 139 cm³/mol. The molecule has 1 amide bonds. The molecule has 0 aliphatic carbocycles. The number of carbonyl (C=O) groups excluding carboxylic acids is 3. The highest BCUT2D eigenvalue weighted by molar-refractivity contribution is 5.95. The Hall–Kier alpha value is -4.15. The van der Waals surface area contributed by atoms with Gasteiger partial charge in [0.15, 0.2) is 0 Å². The van der Waals surface area contributed by atoms with Gasteiger partial charge in [-0.1, -0.05) is 61.4 Å². The number of rotatable bonds is 4. The zero-order valence-electron chi connectivity index (χ0n) is 21.0. The van der Waals surface area contributed by atoms with Crippen molar-refractivity contribution in [3.8, 4) is 17.6 Å². The average Bonchev–Trinajstić information content (AvgIpc) is 2.87. The fraction of sp³-hybridized carbons (Fsp3) is 0.300. The van der Waals surface area contributed by atoms with E-state index in [1.807, 2.05) is 37.3 Å². The molecule has 7 nitrogen and oxygen atoms in total. The zero-order chi connectivity index (χ0) is 26.6. The molecule has 0 fully saturated rings. The summed E-state index contributed by atoms with van der Waals surface area (Å²) < 4.78 is 11.1. The quantitative estimate of drug-likeness (QED) is 0.283. The number of carbonyl (C=O) groups is 3. The van der Waals surface area contributed by atoms with Crippen LogP contribution >= 0.6 is 0 Å². The molecule has 3 atom stereocenters. The van der Waals surface area contributed by atoms with Crippen molar-refractivity contribution < 1.29 is 29.0 Å². The summed E-state index contributed by atoms with van der Waals surface area (Å²) in [6.45, 7) is 3.21. The van der Waals surface area contributed by atoms with E-state index in [2.05, 4.69) is 17.2 Å². The summed E-state index contributed by atoms with van der Waals surface area (Å²) in [6, 6.07) is 14.2. The van der Waals surface area contributed by atoms with Crippen LogP contribution in [0.2, 0.25) is 0 Å². The summed E-state index contributed by atoms with van der Waals surface area (Å²) >= 11 is 0. The lowest BCUT2D eigenvalue weighted by Gasteiger charge is -2.24. The average molecular weight is 502 g/mol. The van der Waals surface area contributed by atoms with Gasteiger partial charge in [-0.25, -0.2) is 4.79 Å². The zero-order valence-corrected chi connectivity index (χ0v) is 21.0. The van der Waals surface area contributed by atoms with Crippen LogP contribution in [-0.4, -0.2) is 35.2 Å². The summed E-state index contributed by atoms with van der Waals surface area (Å²) in [6.07, 6.45) is 7.20. The highest BCUT2D eigenvalue weighted by Gasteiger charge is 2.26. The lowest BCUT2D eigenvalue weighted by molar-refractivity contribution is -0.131. The van der Waals surface area contributed by atoms with Crippen molar-refractivity contribution in [2.45, 2.75) is 51.7 Å². The maximum Gasteiger partial charge on any atom is 0.342 e. The van der Waals surface area contributed by atoms with E-state index < -0.39 is 30.1 Å². The van der Waals surface area contributed by atoms with Gasteiger partial charge in [0.05, 0.1) is 6.10 Å². The number of hydrogen-bond donors (Lipinski definition) is 2. The Morgan fingerprint density at radius 3 is 2.70 bits per heavy atom. The van der Waals surface area contributed by atoms with Gasteiger partial charge in [0, 0.05) is 37.4 Å². The van der Waals surface area contributed by atoms with E-state index in [0.717, 1.165) is 5.56 Å². The van der Waals surface area contributed by atoms with Gasteiger partial charge in [-0.15, -0.1) is 0 Å². The van der Waals surface area contributed by atoms with Crippen molar-refractivity contribution in [3.05, 3.63) is 89.6 Å². The summed E-state index contributed by atoms with van der Waals surface area (Å²) in [7, 11) is 0. The van der Waals surface area contributed by atoms with Crippen LogP contribution in [0.25, 0.3) is 0 Å². The summed E-state index contributed by atoms with van der Waals surface area (Å²) in [5.41, 5.74) is 1.59. The molecule has 1 heterocycles. The molecule has 0 spiro atoms. The number of allylic oxidation sites excluding steroid dienone is 2. The minimum atomic E-state index is -0.704. The fourth-order valence-corrected chi connectivity index (χ4v) is 3.84. The number of aliphatic hydroxyl groups excluding tert-OH is 1. The number of cyclic esters (lactones) is 1. The van der Waals surface area contributed by atoms with Crippen molar-refractivity contribution in [2.24, 2.45) is 5.92 Å². The van der Waals surface area contributed by atoms with Gasteiger partial charge in [-0.2, -0.15) is 0 Å². The lowest BCUT2D eigenvalue weighted by atomic mass is 9.93. The third kappa shape index (κ3) is 8.78. The Morgan fingerprint density at radius 1 is 1.16 bits per heavy atom. The third-order valence-corrected chi connectivity index (χ3v) is 5.84. The van der Waals surface area contributed by atoms with E-state index in [9.17, 15) is 19.5 Å². The molecular formula is C30H31NO6. The summed E-state index contributed by atoms with van der Waals surface area (Å²) in [5.74, 6) is 3.72. The summed E-state index contributed by atoms with van der Waals surface area (Å²) in [5, 5.41) is 13.3. The molecule has 0 bridgehead atoms. The van der Waals surface area contributed by atoms with E-state index in [1.165, 1.54) is 13.1 Å². The Labute approximate surface area is 217 Å². The number of ether oxygens (including phenoxy) is 2. The van der Waals surface area contributed by atoms with Crippen molar-refractivity contribution >= 4 is 17.8 Å². The van der Waals surface area contributed by atoms with Crippen molar-refractivity contribution in [3.63, 3.8) is 0 Å². The lowest BCUT2D eigenvalue weighted by Crippen LogP contribution is -2.28. The molecule has 0 aromatic heterocycles. The number of amides is 1. The van der Waals surface area contributed by atoms with Gasteiger partial charge in [-0.3, -0.25) is 9.59 Å². The van der Waals surface area contributed by atoms with E-state index >= 15 is 0 Å². The van der Waals surface area contributed by atoms with Crippen molar-refractivity contribution in [1.29, 1.82) is 0 Å². The first-order valence-corrected chi connectivity index (χ1v) is 12.2. The van der Waals surface area contributed by atoms with E-state index in [-0.39, 0.29) is 30.1 Å². The number of esters is 2. The van der Waals surface area contributed by atoms with Gasteiger partial charge in [0.1, 0.15) is 17.4 Å². The molecule has 2 N–H and O–H groups in total. The number of fused-ring (bicyclic) bond motifs is 1. The SMILES string of the molecule is CC(=O)Oc1cccc2c1C(=O)OC(C/C=C/NC(=O)C#Cc1ccccc1)C[C@@H](O)[C@@H](C)C/C=C/C2. The molecule has 0 radical (unpaired) electrons. The Bertz CT molecular complexity index is 1220. The standard InChI is InChI=1S/C30H31NO6/c1-21-10-6-7-13-24-14-8-16-27(36-22(2)32)29(24)30(35)37-25(20-26(21)33)15-9-19-31-28(34)18-17-23-11-4-3-5-12-23/h3-9,11-12,14,16,19,21,25-26,33H,10,13,15,20H2,1-2H3,(H,31,34)/b7-6+,19-9+/t21-,25?,26+/m0/s1. The topological polar surface area (TPSA) is 102 Å². The van der Waals surface area contributed by atoms with Crippen LogP contribution in [0.15, 0.2) is 73.0 Å². The first-order valence-electron chi connectivity index (χ1n) is 12.2. The van der Waals surface area contributed by atoms with Gasteiger partial charge >= 0.3 is 11.9 Å². The van der Waals surface area contributed by atoms with Gasteiger partial charge < -0.3 is 19.9 Å². The van der Waals surface area contributed by atoms with E-state index in [1.54, 1.807) is 36.4 Å². The molecule has 0 saturated carbocycles. The Morgan fingerprint density at radius 2 is 1.95 bits per heavy atom. The minimum Gasteiger partial charge on any atom is -0.458 e. The number of hydrogen-bond acceptors (Lipinski definition) is 6. The van der Waals surface area contributed by atoms with Crippen molar-refractivity contribution in [1.82, 2.24) is 5.32 Å². The monoisotopic (exact) mass is 501 g/mol. The number of benzene rings is 2. The number of nitrogens with one attached hydrogen (secondary N) is 1. The van der Waals surface area contributed by atoms with Crippen LogP contribution in [0.5, 0.6) is 5.75 Å². The molecule has 2 aromatic rings. The molecule has 37 heavy (non-hydrogen) atoms. The molecule has 3 rings (SSSR count). The Balaban J connectivity index is 1.75. The van der Waals surface area contributed by atoms with Crippen molar-refractivity contribution in [2.75, 3.05) is 0 Å². The van der Waals surface area contributed by atoms with Crippen LogP contribution in [0.3, 0.4) is 0 Å². The Kier molecular flexibility index (Phi) is 10.2.